The number of carbonyl (C=O) groups is 2. The zero-order valence-electron chi connectivity index (χ0n) is 16.6. The molecule has 3 heterocycles. The highest BCUT2D eigenvalue weighted by Crippen LogP contribution is 2.26. The summed E-state index contributed by atoms with van der Waals surface area (Å²) in [6.45, 7) is 6.90. The first-order valence-corrected chi connectivity index (χ1v) is 9.18. The molecule has 0 bridgehead atoms. The molecule has 7 nitrogen and oxygen atoms in total. The Labute approximate surface area is 166 Å². The number of hydrogen-bond donors (Lipinski definition) is 0. The highest BCUT2D eigenvalue weighted by atomic mass is 16.5. The average Bonchev–Trinajstić information content (AvgIpc) is 3.36. The molecule has 0 unspecified atom stereocenters. The number of ether oxygens (including phenoxy) is 1. The molecule has 0 saturated carbocycles. The highest BCUT2D eigenvalue weighted by Gasteiger charge is 2.22. The smallest absolute Gasteiger partial charge is 0.375 e. The molecule has 4 rings (SSSR count). The molecule has 0 saturated heterocycles. The minimum Gasteiger partial charge on any atom is -0.451 e. The van der Waals surface area contributed by atoms with Gasteiger partial charge in [-0.3, -0.25) is 9.36 Å². The Hall–Kier alpha value is -3.61. The van der Waals surface area contributed by atoms with Crippen LogP contribution in [0.15, 0.2) is 45.3 Å². The third-order valence-corrected chi connectivity index (χ3v) is 4.94. The van der Waals surface area contributed by atoms with Crippen molar-refractivity contribution in [1.29, 1.82) is 0 Å². The molecule has 1 aromatic carbocycles. The van der Waals surface area contributed by atoms with E-state index in [0.717, 1.165) is 11.1 Å². The van der Waals surface area contributed by atoms with E-state index in [9.17, 15) is 9.59 Å². The predicted octanol–water partition coefficient (Wildman–Crippen LogP) is 4.48. The van der Waals surface area contributed by atoms with Crippen molar-refractivity contribution in [3.05, 3.63) is 70.4 Å². The molecule has 0 amide bonds. The number of hydrogen-bond acceptors (Lipinski definition) is 6. The molecule has 0 atom stereocenters. The zero-order chi connectivity index (χ0) is 20.7. The fourth-order valence-electron chi connectivity index (χ4n) is 3.50. The lowest BCUT2D eigenvalue weighted by molar-refractivity contribution is 0.0445. The Kier molecular flexibility index (Phi) is 4.58. The second kappa shape index (κ2) is 7.09. The quantitative estimate of drug-likeness (QED) is 0.367. The van der Waals surface area contributed by atoms with Crippen LogP contribution in [0.3, 0.4) is 0 Å². The molecular formula is C22H20N2O5. The number of carbonyl (C=O) groups excluding carboxylic acids is 2. The van der Waals surface area contributed by atoms with Gasteiger partial charge >= 0.3 is 5.97 Å². The molecule has 3 aromatic heterocycles. The van der Waals surface area contributed by atoms with Crippen molar-refractivity contribution in [2.75, 3.05) is 6.61 Å². The number of aromatic nitrogens is 2. The number of rotatable bonds is 5. The summed E-state index contributed by atoms with van der Waals surface area (Å²) in [6, 6.07) is 10.9. The molecule has 0 aliphatic rings. The van der Waals surface area contributed by atoms with Gasteiger partial charge in [-0.1, -0.05) is 23.4 Å². The van der Waals surface area contributed by atoms with Gasteiger partial charge in [-0.25, -0.2) is 4.79 Å². The molecule has 7 heteroatoms. The number of fused-ring (bicyclic) bond motifs is 1. The van der Waals surface area contributed by atoms with E-state index < -0.39 is 5.97 Å². The van der Waals surface area contributed by atoms with E-state index in [0.29, 0.717) is 34.0 Å². The minimum absolute atomic E-state index is 0.113. The zero-order valence-corrected chi connectivity index (χ0v) is 16.6. The first-order chi connectivity index (χ1) is 13.9. The monoisotopic (exact) mass is 392 g/mol. The second-order valence-corrected chi connectivity index (χ2v) is 6.97. The van der Waals surface area contributed by atoms with Crippen LogP contribution in [0.5, 0.6) is 0 Å². The summed E-state index contributed by atoms with van der Waals surface area (Å²) in [5.41, 5.74) is 3.31. The first-order valence-electron chi connectivity index (χ1n) is 9.18. The van der Waals surface area contributed by atoms with Gasteiger partial charge in [0, 0.05) is 34.0 Å². The van der Waals surface area contributed by atoms with E-state index in [1.165, 1.54) is 0 Å². The van der Waals surface area contributed by atoms with Crippen LogP contribution in [0.1, 0.15) is 43.6 Å². The van der Waals surface area contributed by atoms with E-state index >= 15 is 0 Å². The molecule has 0 N–H and O–H groups in total. The van der Waals surface area contributed by atoms with Crippen LogP contribution in [-0.2, 0) is 4.74 Å². The van der Waals surface area contributed by atoms with Crippen molar-refractivity contribution in [3.63, 3.8) is 0 Å². The Morgan fingerprint density at radius 1 is 1.10 bits per heavy atom. The van der Waals surface area contributed by atoms with Gasteiger partial charge in [0.25, 0.3) is 0 Å². The third kappa shape index (κ3) is 3.24. The van der Waals surface area contributed by atoms with Crippen molar-refractivity contribution in [1.82, 2.24) is 9.72 Å². The Morgan fingerprint density at radius 2 is 1.86 bits per heavy atom. The van der Waals surface area contributed by atoms with Crippen LogP contribution in [0.2, 0.25) is 0 Å². The molecule has 4 aromatic rings. The fourth-order valence-corrected chi connectivity index (χ4v) is 3.50. The molecule has 0 spiro atoms. The van der Waals surface area contributed by atoms with Crippen LogP contribution in [0, 0.1) is 27.7 Å². The summed E-state index contributed by atoms with van der Waals surface area (Å²) in [4.78, 5) is 25.2. The molecule has 0 aliphatic carbocycles. The van der Waals surface area contributed by atoms with Gasteiger partial charge in [0.05, 0.1) is 0 Å². The molecular weight excluding hydrogens is 372 g/mol. The van der Waals surface area contributed by atoms with Gasteiger partial charge < -0.3 is 13.7 Å². The molecule has 0 radical (unpaired) electrons. The summed E-state index contributed by atoms with van der Waals surface area (Å²) in [7, 11) is 0. The fraction of sp³-hybridized carbons (Fsp3) is 0.227. The van der Waals surface area contributed by atoms with E-state index in [4.69, 9.17) is 13.7 Å². The van der Waals surface area contributed by atoms with Gasteiger partial charge in [0.15, 0.2) is 12.4 Å². The molecule has 0 fully saturated rings. The number of furan rings is 1. The van der Waals surface area contributed by atoms with E-state index in [1.54, 1.807) is 32.0 Å². The maximum absolute atomic E-state index is 12.7. The number of esters is 1. The maximum Gasteiger partial charge on any atom is 0.375 e. The number of ketones is 1. The molecule has 148 valence electrons. The van der Waals surface area contributed by atoms with Crippen LogP contribution in [0.4, 0.5) is 0 Å². The van der Waals surface area contributed by atoms with Crippen molar-refractivity contribution in [2.45, 2.75) is 27.7 Å². The van der Waals surface area contributed by atoms with Crippen LogP contribution in [0.25, 0.3) is 16.8 Å². The summed E-state index contributed by atoms with van der Waals surface area (Å²) >= 11 is 0. The van der Waals surface area contributed by atoms with Crippen molar-refractivity contribution in [3.8, 4) is 5.82 Å². The van der Waals surface area contributed by atoms with Crippen molar-refractivity contribution < 1.29 is 23.3 Å². The minimum atomic E-state index is -0.659. The van der Waals surface area contributed by atoms with Gasteiger partial charge in [-0.05, 0) is 39.8 Å². The molecule has 29 heavy (non-hydrogen) atoms. The Morgan fingerprint density at radius 3 is 2.55 bits per heavy atom. The van der Waals surface area contributed by atoms with Gasteiger partial charge in [-0.2, -0.15) is 0 Å². The SMILES string of the molecule is Cc1cc(-n2c(C)cc(C(=O)COC(=O)c3oc4ccccc4c3C)c2C)no1. The largest absolute Gasteiger partial charge is 0.451 e. The van der Waals surface area contributed by atoms with E-state index in [2.05, 4.69) is 5.16 Å². The number of para-hydroxylation sites is 1. The van der Waals surface area contributed by atoms with Gasteiger partial charge in [0.2, 0.25) is 11.5 Å². The van der Waals surface area contributed by atoms with E-state index in [-0.39, 0.29) is 18.2 Å². The predicted molar refractivity (Wildman–Crippen MR) is 106 cm³/mol. The number of aryl methyl sites for hydroxylation is 3. The van der Waals surface area contributed by atoms with Gasteiger partial charge in [0.1, 0.15) is 11.3 Å². The highest BCUT2D eigenvalue weighted by molar-refractivity contribution is 6.01. The summed E-state index contributed by atoms with van der Waals surface area (Å²) in [6.07, 6.45) is 0. The lowest BCUT2D eigenvalue weighted by Gasteiger charge is -2.06. The molecule has 0 aliphatic heterocycles. The average molecular weight is 392 g/mol. The van der Waals surface area contributed by atoms with Crippen LogP contribution < -0.4 is 0 Å². The first kappa shape index (κ1) is 18.7. The Bertz CT molecular complexity index is 1240. The van der Waals surface area contributed by atoms with Crippen LogP contribution >= 0.6 is 0 Å². The Balaban J connectivity index is 1.53. The summed E-state index contributed by atoms with van der Waals surface area (Å²) < 4.78 is 17.8. The number of Topliss-reactive ketones (excluding diaryl/α,β-unsaturated/α-hetero) is 1. The maximum atomic E-state index is 12.7. The van der Waals surface area contributed by atoms with Crippen molar-refractivity contribution in [2.24, 2.45) is 0 Å². The number of benzene rings is 1. The summed E-state index contributed by atoms with van der Waals surface area (Å²) in [5, 5.41) is 4.85. The standard InChI is InChI=1S/C22H20N2O5/c1-12-9-17(15(4)24(12)20-10-13(2)29-23-20)18(25)11-27-22(26)21-14(3)16-7-5-6-8-19(16)28-21/h5-10H,11H2,1-4H3. The number of nitrogens with zero attached hydrogens (tertiary/aromatic N) is 2. The normalized spacial score (nSPS) is 11.2. The van der Waals surface area contributed by atoms with Crippen molar-refractivity contribution >= 4 is 22.7 Å². The lowest BCUT2D eigenvalue weighted by Crippen LogP contribution is -2.15. The second-order valence-electron chi connectivity index (χ2n) is 6.97. The lowest BCUT2D eigenvalue weighted by atomic mass is 10.1. The topological polar surface area (TPSA) is 87.5 Å². The van der Waals surface area contributed by atoms with E-state index in [1.807, 2.05) is 36.6 Å². The van der Waals surface area contributed by atoms with Gasteiger partial charge in [-0.15, -0.1) is 0 Å². The third-order valence-electron chi connectivity index (χ3n) is 4.94. The van der Waals surface area contributed by atoms with Crippen LogP contribution in [-0.4, -0.2) is 28.1 Å². The summed E-state index contributed by atoms with van der Waals surface area (Å²) in [5.74, 6) is 0.434.